The van der Waals surface area contributed by atoms with Crippen molar-refractivity contribution >= 4 is 50.7 Å². The third-order valence-electron chi connectivity index (χ3n) is 2.56. The minimum absolute atomic E-state index is 0.778. The van der Waals surface area contributed by atoms with Crippen LogP contribution in [0, 0.1) is 0 Å². The van der Waals surface area contributed by atoms with Gasteiger partial charge >= 0.3 is 0 Å². The second-order valence-electron chi connectivity index (χ2n) is 3.96. The lowest BCUT2D eigenvalue weighted by atomic mass is 10.3. The molecule has 0 aliphatic carbocycles. The van der Waals surface area contributed by atoms with Crippen molar-refractivity contribution < 1.29 is 0 Å². The lowest BCUT2D eigenvalue weighted by Gasteiger charge is -2.18. The third kappa shape index (κ3) is 3.84. The van der Waals surface area contributed by atoms with Gasteiger partial charge in [-0.1, -0.05) is 11.8 Å². The number of halogens is 1. The molecule has 19 heavy (non-hydrogen) atoms. The fourth-order valence-corrected chi connectivity index (χ4v) is 3.19. The van der Waals surface area contributed by atoms with Crippen LogP contribution in [0.4, 0.5) is 11.6 Å². The molecule has 7 heteroatoms. The van der Waals surface area contributed by atoms with Crippen LogP contribution in [-0.2, 0) is 6.54 Å². The Bertz CT molecular complexity index is 536. The van der Waals surface area contributed by atoms with Crippen LogP contribution in [0.2, 0.25) is 0 Å². The van der Waals surface area contributed by atoms with Gasteiger partial charge in [0.1, 0.15) is 11.6 Å². The van der Waals surface area contributed by atoms with Crippen LogP contribution in [0.3, 0.4) is 0 Å². The van der Waals surface area contributed by atoms with Gasteiger partial charge in [-0.2, -0.15) is 0 Å². The smallest absolute Gasteiger partial charge is 0.191 e. The summed E-state index contributed by atoms with van der Waals surface area (Å²) in [7, 11) is 3.91. The summed E-state index contributed by atoms with van der Waals surface area (Å²) in [6.07, 6.45) is 1.98. The lowest BCUT2D eigenvalue weighted by molar-refractivity contribution is 0.860. The molecule has 0 fully saturated rings. The van der Waals surface area contributed by atoms with E-state index < -0.39 is 0 Å². The Labute approximate surface area is 129 Å². The van der Waals surface area contributed by atoms with E-state index in [0.29, 0.717) is 0 Å². The highest BCUT2D eigenvalue weighted by Gasteiger charge is 2.09. The van der Waals surface area contributed by atoms with Crippen molar-refractivity contribution in [1.82, 2.24) is 9.97 Å². The summed E-state index contributed by atoms with van der Waals surface area (Å²) in [6.45, 7) is 0.829. The first-order chi connectivity index (χ1) is 9.12. The zero-order valence-corrected chi connectivity index (χ0v) is 14.2. The third-order valence-corrected chi connectivity index (χ3v) is 4.66. The topological polar surface area (TPSA) is 41.0 Å². The van der Waals surface area contributed by atoms with Crippen molar-refractivity contribution in [1.29, 1.82) is 0 Å². The fourth-order valence-electron chi connectivity index (χ4n) is 1.61. The molecule has 0 bridgehead atoms. The molecule has 0 radical (unpaired) electrons. The van der Waals surface area contributed by atoms with Crippen LogP contribution in [-0.4, -0.2) is 30.3 Å². The van der Waals surface area contributed by atoms with Crippen molar-refractivity contribution in [2.24, 2.45) is 0 Å². The number of thiophene rings is 1. The summed E-state index contributed by atoms with van der Waals surface area (Å²) in [5, 5.41) is 6.00. The van der Waals surface area contributed by atoms with Gasteiger partial charge in [-0.05, 0) is 39.2 Å². The number of hydrogen-bond donors (Lipinski definition) is 1. The molecule has 0 saturated carbocycles. The molecule has 102 valence electrons. The number of thioether (sulfide) groups is 1. The fraction of sp³-hybridized carbons (Fsp3) is 0.333. The summed E-state index contributed by atoms with van der Waals surface area (Å²) < 4.78 is 1.15. The van der Waals surface area contributed by atoms with Crippen molar-refractivity contribution in [3.8, 4) is 0 Å². The summed E-state index contributed by atoms with van der Waals surface area (Å²) in [5.74, 6) is 1.76. The van der Waals surface area contributed by atoms with Crippen molar-refractivity contribution in [3.63, 3.8) is 0 Å². The van der Waals surface area contributed by atoms with E-state index in [4.69, 9.17) is 0 Å². The zero-order valence-electron chi connectivity index (χ0n) is 11.0. The Hall–Kier alpha value is -0.790. The van der Waals surface area contributed by atoms with Gasteiger partial charge in [-0.3, -0.25) is 0 Å². The van der Waals surface area contributed by atoms with Crippen molar-refractivity contribution in [2.75, 3.05) is 30.6 Å². The van der Waals surface area contributed by atoms with E-state index in [1.165, 1.54) is 5.56 Å². The average molecular weight is 359 g/mol. The van der Waals surface area contributed by atoms with E-state index in [-0.39, 0.29) is 0 Å². The molecule has 0 spiro atoms. The molecular weight excluding hydrogens is 344 g/mol. The van der Waals surface area contributed by atoms with E-state index in [1.54, 1.807) is 23.1 Å². The molecule has 0 unspecified atom stereocenters. The molecule has 2 aromatic rings. The molecule has 2 heterocycles. The zero-order chi connectivity index (χ0) is 13.8. The minimum atomic E-state index is 0.778. The standard InChI is InChI=1S/C12H15BrN4S2/c1-14-10-5-11(16-12(15-10)18-3)17(2)6-8-4-9(13)19-7-8/h4-5,7H,6H2,1-3H3,(H,14,15,16). The van der Waals surface area contributed by atoms with Gasteiger partial charge in [0, 0.05) is 26.7 Å². The maximum Gasteiger partial charge on any atom is 0.191 e. The molecule has 0 aliphatic rings. The Kier molecular flexibility index (Phi) is 5.06. The molecule has 0 atom stereocenters. The Morgan fingerprint density at radius 2 is 2.21 bits per heavy atom. The van der Waals surface area contributed by atoms with Gasteiger partial charge in [-0.25, -0.2) is 9.97 Å². The predicted octanol–water partition coefficient (Wildman–Crippen LogP) is 3.70. The first-order valence-electron chi connectivity index (χ1n) is 5.67. The summed E-state index contributed by atoms with van der Waals surface area (Å²) in [4.78, 5) is 11.0. The molecule has 0 saturated heterocycles. The number of aromatic nitrogens is 2. The highest BCUT2D eigenvalue weighted by molar-refractivity contribution is 9.11. The van der Waals surface area contributed by atoms with E-state index in [0.717, 1.165) is 27.1 Å². The predicted molar refractivity (Wildman–Crippen MR) is 87.5 cm³/mol. The summed E-state index contributed by atoms with van der Waals surface area (Å²) in [5.41, 5.74) is 1.27. The maximum absolute atomic E-state index is 4.53. The largest absolute Gasteiger partial charge is 0.373 e. The van der Waals surface area contributed by atoms with Gasteiger partial charge in [-0.15, -0.1) is 11.3 Å². The lowest BCUT2D eigenvalue weighted by Crippen LogP contribution is -2.18. The Morgan fingerprint density at radius 3 is 2.79 bits per heavy atom. The van der Waals surface area contributed by atoms with Crippen LogP contribution < -0.4 is 10.2 Å². The molecule has 0 amide bonds. The Balaban J connectivity index is 2.20. The van der Waals surface area contributed by atoms with Crippen LogP contribution in [0.25, 0.3) is 0 Å². The minimum Gasteiger partial charge on any atom is -0.373 e. The van der Waals surface area contributed by atoms with Crippen molar-refractivity contribution in [3.05, 3.63) is 26.9 Å². The molecule has 4 nitrogen and oxygen atoms in total. The SMILES string of the molecule is CNc1cc(N(C)Cc2csc(Br)c2)nc(SC)n1. The van der Waals surface area contributed by atoms with E-state index in [1.807, 2.05) is 26.4 Å². The number of nitrogens with zero attached hydrogens (tertiary/aromatic N) is 3. The molecule has 0 aromatic carbocycles. The molecule has 1 N–H and O–H groups in total. The quantitative estimate of drug-likeness (QED) is 0.651. The van der Waals surface area contributed by atoms with E-state index in [2.05, 4.69) is 47.6 Å². The summed E-state index contributed by atoms with van der Waals surface area (Å²) in [6, 6.07) is 4.10. The van der Waals surface area contributed by atoms with Crippen LogP contribution >= 0.6 is 39.0 Å². The van der Waals surface area contributed by atoms with Gasteiger partial charge in [0.05, 0.1) is 3.79 Å². The average Bonchev–Trinajstić information content (AvgIpc) is 2.83. The van der Waals surface area contributed by atoms with Gasteiger partial charge in [0.25, 0.3) is 0 Å². The summed E-state index contributed by atoms with van der Waals surface area (Å²) >= 11 is 6.73. The number of rotatable bonds is 5. The van der Waals surface area contributed by atoms with Gasteiger partial charge in [0.2, 0.25) is 0 Å². The van der Waals surface area contributed by atoms with Crippen LogP contribution in [0.5, 0.6) is 0 Å². The second-order valence-corrected chi connectivity index (χ2v) is 7.03. The van der Waals surface area contributed by atoms with Gasteiger partial charge < -0.3 is 10.2 Å². The first-order valence-corrected chi connectivity index (χ1v) is 8.57. The molecule has 2 aromatic heterocycles. The highest BCUT2D eigenvalue weighted by atomic mass is 79.9. The maximum atomic E-state index is 4.53. The van der Waals surface area contributed by atoms with Crippen LogP contribution in [0.15, 0.2) is 26.5 Å². The van der Waals surface area contributed by atoms with E-state index >= 15 is 0 Å². The number of anilines is 2. The first kappa shape index (κ1) is 14.6. The number of hydrogen-bond acceptors (Lipinski definition) is 6. The monoisotopic (exact) mass is 358 g/mol. The van der Waals surface area contributed by atoms with Crippen LogP contribution in [0.1, 0.15) is 5.56 Å². The van der Waals surface area contributed by atoms with Gasteiger partial charge in [0.15, 0.2) is 5.16 Å². The Morgan fingerprint density at radius 1 is 1.42 bits per heavy atom. The number of nitrogens with one attached hydrogen (secondary N) is 1. The van der Waals surface area contributed by atoms with Crippen molar-refractivity contribution in [2.45, 2.75) is 11.7 Å². The molecule has 0 aliphatic heterocycles. The molecular formula is C12H15BrN4S2. The van der Waals surface area contributed by atoms with E-state index in [9.17, 15) is 0 Å². The molecule has 2 rings (SSSR count). The second kappa shape index (κ2) is 6.58. The normalized spacial score (nSPS) is 10.5. The highest BCUT2D eigenvalue weighted by Crippen LogP contribution is 2.24.